The molecule has 0 fully saturated rings. The summed E-state index contributed by atoms with van der Waals surface area (Å²) in [5, 5.41) is 2.97. The fourth-order valence-electron chi connectivity index (χ4n) is 0.522. The maximum absolute atomic E-state index is 12.5. The normalized spacial score (nSPS) is 13.8. The third-order valence-electron chi connectivity index (χ3n) is 1.36. The van der Waals surface area contributed by atoms with Crippen molar-refractivity contribution in [3.05, 3.63) is 0 Å². The molecule has 90 valence electrons. The average molecular weight is 266 g/mol. The van der Waals surface area contributed by atoms with Gasteiger partial charge in [-0.15, -0.1) is 0 Å². The Hall–Kier alpha value is -0.770. The first-order valence-electron chi connectivity index (χ1n) is 3.41. The molecule has 0 radical (unpaired) electrons. The topological polar surface area (TPSA) is 106 Å². The molecule has 0 saturated carbocycles. The van der Waals surface area contributed by atoms with Gasteiger partial charge in [-0.1, -0.05) is 0 Å². The summed E-state index contributed by atoms with van der Waals surface area (Å²) in [6, 6.07) is 0. The van der Waals surface area contributed by atoms with E-state index in [0.29, 0.717) is 6.26 Å². The predicted molar refractivity (Wildman–Crippen MR) is 46.1 cm³/mol. The van der Waals surface area contributed by atoms with Crippen LogP contribution in [0.2, 0.25) is 0 Å². The zero-order valence-corrected chi connectivity index (χ0v) is 9.11. The van der Waals surface area contributed by atoms with Gasteiger partial charge in [-0.05, 0) is 0 Å². The zero-order chi connectivity index (χ0) is 12.5. The van der Waals surface area contributed by atoms with Crippen molar-refractivity contribution in [1.29, 1.82) is 0 Å². The van der Waals surface area contributed by atoms with Crippen molar-refractivity contribution in [2.45, 2.75) is 5.25 Å². The van der Waals surface area contributed by atoms with Crippen LogP contribution in [-0.2, 0) is 24.5 Å². The van der Waals surface area contributed by atoms with Crippen LogP contribution in [0.4, 0.5) is 8.78 Å². The van der Waals surface area contributed by atoms with Crippen LogP contribution >= 0.6 is 0 Å². The zero-order valence-electron chi connectivity index (χ0n) is 7.48. The van der Waals surface area contributed by atoms with E-state index in [1.807, 2.05) is 0 Å². The van der Waals surface area contributed by atoms with Crippen LogP contribution in [-0.4, -0.2) is 50.9 Å². The smallest absolute Gasteiger partial charge is 0.439 e. The quantitative estimate of drug-likeness (QED) is 0.693. The molecular weight excluding hydrogens is 258 g/mol. The maximum Gasteiger partial charge on any atom is 0.439 e. The van der Waals surface area contributed by atoms with E-state index in [1.54, 1.807) is 0 Å². The molecular formula is C5H8F2O6S2. The lowest BCUT2D eigenvalue weighted by Gasteiger charge is -2.11. The minimum absolute atomic E-state index is 0.654. The summed E-state index contributed by atoms with van der Waals surface area (Å²) in [6.07, 6.45) is 0.654. The number of carboxylic acid groups (broad SMARTS) is 1. The van der Waals surface area contributed by atoms with Gasteiger partial charge in [0.2, 0.25) is 9.84 Å². The average Bonchev–Trinajstić information content (AvgIpc) is 1.99. The molecule has 0 aromatic rings. The number of hydrogen-bond donors (Lipinski definition) is 1. The first kappa shape index (κ1) is 14.2. The van der Waals surface area contributed by atoms with Crippen molar-refractivity contribution in [1.82, 2.24) is 0 Å². The van der Waals surface area contributed by atoms with Crippen molar-refractivity contribution >= 4 is 25.6 Å². The van der Waals surface area contributed by atoms with Crippen LogP contribution in [0, 0.1) is 0 Å². The van der Waals surface area contributed by atoms with Crippen molar-refractivity contribution < 1.29 is 35.5 Å². The number of sulfone groups is 2. The molecule has 0 aromatic heterocycles. The van der Waals surface area contributed by atoms with Gasteiger partial charge in [-0.25, -0.2) is 21.6 Å². The van der Waals surface area contributed by atoms with Gasteiger partial charge < -0.3 is 5.11 Å². The SMILES string of the molecule is CS(=O)(=O)CCS(=O)(=O)C(F)(F)C(=O)O. The van der Waals surface area contributed by atoms with E-state index in [2.05, 4.69) is 0 Å². The molecule has 1 N–H and O–H groups in total. The van der Waals surface area contributed by atoms with Crippen molar-refractivity contribution in [3.8, 4) is 0 Å². The van der Waals surface area contributed by atoms with Gasteiger partial charge in [0.05, 0.1) is 11.5 Å². The number of aliphatic carboxylic acids is 1. The number of alkyl halides is 2. The highest BCUT2D eigenvalue weighted by atomic mass is 32.2. The largest absolute Gasteiger partial charge is 0.476 e. The van der Waals surface area contributed by atoms with Crippen LogP contribution < -0.4 is 0 Å². The van der Waals surface area contributed by atoms with E-state index in [4.69, 9.17) is 5.11 Å². The Kier molecular flexibility index (Phi) is 3.80. The number of hydrogen-bond acceptors (Lipinski definition) is 5. The first-order chi connectivity index (χ1) is 6.40. The summed E-state index contributed by atoms with van der Waals surface area (Å²) >= 11 is 0. The second-order valence-corrected chi connectivity index (χ2v) is 7.18. The van der Waals surface area contributed by atoms with E-state index in [-0.39, 0.29) is 0 Å². The van der Waals surface area contributed by atoms with Gasteiger partial charge in [0.25, 0.3) is 0 Å². The van der Waals surface area contributed by atoms with E-state index in [1.165, 1.54) is 0 Å². The Morgan fingerprint density at radius 2 is 1.60 bits per heavy atom. The Bertz CT molecular complexity index is 448. The minimum atomic E-state index is -5.30. The standard InChI is InChI=1S/C5H8F2O6S2/c1-14(10,11)2-3-15(12,13)5(6,7)4(8)9/h2-3H2,1H3,(H,8,9). The molecule has 0 aliphatic rings. The molecule has 0 unspecified atom stereocenters. The van der Waals surface area contributed by atoms with Gasteiger partial charge in [0.1, 0.15) is 9.84 Å². The molecule has 6 nitrogen and oxygen atoms in total. The Labute approximate surface area is 84.7 Å². The third-order valence-corrected chi connectivity index (χ3v) is 4.26. The molecule has 0 spiro atoms. The van der Waals surface area contributed by atoms with Gasteiger partial charge in [0.15, 0.2) is 0 Å². The van der Waals surface area contributed by atoms with E-state index >= 15 is 0 Å². The fourth-order valence-corrected chi connectivity index (χ4v) is 3.13. The number of carbonyl (C=O) groups is 1. The highest BCUT2D eigenvalue weighted by Gasteiger charge is 2.52. The van der Waals surface area contributed by atoms with Crippen LogP contribution in [0.1, 0.15) is 0 Å². The maximum atomic E-state index is 12.5. The molecule has 10 heteroatoms. The number of rotatable bonds is 5. The van der Waals surface area contributed by atoms with Crippen molar-refractivity contribution in [2.24, 2.45) is 0 Å². The van der Waals surface area contributed by atoms with Crippen molar-refractivity contribution in [3.63, 3.8) is 0 Å². The third kappa shape index (κ3) is 3.70. The molecule has 0 aliphatic heterocycles. The summed E-state index contributed by atoms with van der Waals surface area (Å²) < 4.78 is 67.6. The van der Waals surface area contributed by atoms with E-state index in [9.17, 15) is 30.4 Å². The van der Waals surface area contributed by atoms with E-state index in [0.717, 1.165) is 0 Å². The number of carboxylic acids is 1. The summed E-state index contributed by atoms with van der Waals surface area (Å²) in [5.41, 5.74) is 0. The molecule has 0 aromatic carbocycles. The lowest BCUT2D eigenvalue weighted by Crippen LogP contribution is -2.40. The minimum Gasteiger partial charge on any atom is -0.476 e. The van der Waals surface area contributed by atoms with Gasteiger partial charge in [0, 0.05) is 6.26 Å². The summed E-state index contributed by atoms with van der Waals surface area (Å²) in [5.74, 6) is -5.29. The lowest BCUT2D eigenvalue weighted by molar-refractivity contribution is -0.153. The molecule has 15 heavy (non-hydrogen) atoms. The lowest BCUT2D eigenvalue weighted by atomic mass is 10.7. The van der Waals surface area contributed by atoms with Gasteiger partial charge >= 0.3 is 11.2 Å². The monoisotopic (exact) mass is 266 g/mol. The number of halogens is 2. The highest BCUT2D eigenvalue weighted by Crippen LogP contribution is 2.22. The van der Waals surface area contributed by atoms with Crippen LogP contribution in [0.5, 0.6) is 0 Å². The second-order valence-electron chi connectivity index (χ2n) is 2.77. The Morgan fingerprint density at radius 1 is 1.20 bits per heavy atom. The summed E-state index contributed by atoms with van der Waals surface area (Å²) in [6.45, 7) is 0. The predicted octanol–water partition coefficient (Wildman–Crippen LogP) is -0.877. The van der Waals surface area contributed by atoms with Crippen molar-refractivity contribution in [2.75, 3.05) is 17.8 Å². The van der Waals surface area contributed by atoms with Gasteiger partial charge in [-0.2, -0.15) is 8.78 Å². The highest BCUT2D eigenvalue weighted by molar-refractivity contribution is 7.95. The first-order valence-corrected chi connectivity index (χ1v) is 7.12. The fraction of sp³-hybridized carbons (Fsp3) is 0.800. The van der Waals surface area contributed by atoms with Crippen LogP contribution in [0.15, 0.2) is 0 Å². The molecule has 0 saturated heterocycles. The molecule has 0 heterocycles. The summed E-state index contributed by atoms with van der Waals surface area (Å²) in [7, 11) is -9.05. The van der Waals surface area contributed by atoms with Crippen LogP contribution in [0.25, 0.3) is 0 Å². The van der Waals surface area contributed by atoms with E-state index < -0.39 is 42.4 Å². The van der Waals surface area contributed by atoms with Gasteiger partial charge in [-0.3, -0.25) is 0 Å². The Balaban J connectivity index is 4.96. The molecule has 0 bridgehead atoms. The Morgan fingerprint density at radius 3 is 1.87 bits per heavy atom. The molecule has 0 amide bonds. The molecule has 0 rings (SSSR count). The van der Waals surface area contributed by atoms with Crippen LogP contribution in [0.3, 0.4) is 0 Å². The summed E-state index contributed by atoms with van der Waals surface area (Å²) in [4.78, 5) is 9.91. The molecule has 0 atom stereocenters. The molecule has 0 aliphatic carbocycles. The second kappa shape index (κ2) is 4.00.